The summed E-state index contributed by atoms with van der Waals surface area (Å²) in [6.45, 7) is 4.34. The summed E-state index contributed by atoms with van der Waals surface area (Å²) in [5.41, 5.74) is 0.297. The maximum Gasteiger partial charge on any atom is 0.294 e. The van der Waals surface area contributed by atoms with Crippen LogP contribution in [0.25, 0.3) is 0 Å². The van der Waals surface area contributed by atoms with E-state index in [1.165, 1.54) is 37.4 Å². The van der Waals surface area contributed by atoms with E-state index in [9.17, 15) is 4.79 Å². The first-order chi connectivity index (χ1) is 10.2. The van der Waals surface area contributed by atoms with Gasteiger partial charge in [0.15, 0.2) is 0 Å². The summed E-state index contributed by atoms with van der Waals surface area (Å²) in [4.78, 5) is 12.1. The van der Waals surface area contributed by atoms with Crippen LogP contribution < -0.4 is 11.4 Å². The maximum absolute atomic E-state index is 12.1. The first-order valence-electron chi connectivity index (χ1n) is 8.07. The fourth-order valence-corrected chi connectivity index (χ4v) is 2.99. The maximum atomic E-state index is 12.1. The molecule has 0 fully saturated rings. The monoisotopic (exact) mass is 312 g/mol. The zero-order chi connectivity index (χ0) is 15.5. The fourth-order valence-electron chi connectivity index (χ4n) is 2.06. The predicted octanol–water partition coefficient (Wildman–Crippen LogP) is 3.15. The summed E-state index contributed by atoms with van der Waals surface area (Å²) in [6, 6.07) is 0. The third-order valence-corrected chi connectivity index (χ3v) is 4.45. The molecule has 1 aromatic heterocycles. The summed E-state index contributed by atoms with van der Waals surface area (Å²) >= 11 is 1.50. The second-order valence-corrected chi connectivity index (χ2v) is 6.39. The minimum Gasteiger partial charge on any atom is -0.334 e. The number of nitrogens with two attached hydrogens (primary N) is 1. The van der Waals surface area contributed by atoms with Crippen LogP contribution in [0.15, 0.2) is 9.95 Å². The number of unbranched alkanes of at least 4 members (excludes halogenated alkanes) is 6. The zero-order valence-electron chi connectivity index (χ0n) is 13.3. The number of nitrogen functional groups attached to an aromatic ring is 1. The molecule has 0 unspecified atom stereocenters. The second kappa shape index (κ2) is 10.7. The van der Waals surface area contributed by atoms with E-state index in [2.05, 4.69) is 24.0 Å². The van der Waals surface area contributed by atoms with Gasteiger partial charge in [0.1, 0.15) is 5.69 Å². The van der Waals surface area contributed by atoms with Crippen LogP contribution >= 0.6 is 11.8 Å². The van der Waals surface area contributed by atoms with Crippen LogP contribution in [-0.2, 0) is 6.42 Å². The van der Waals surface area contributed by atoms with Crippen LogP contribution in [0.3, 0.4) is 0 Å². The highest BCUT2D eigenvalue weighted by atomic mass is 32.2. The number of rotatable bonds is 11. The van der Waals surface area contributed by atoms with E-state index in [0.717, 1.165) is 36.1 Å². The highest BCUT2D eigenvalue weighted by Crippen LogP contribution is 2.13. The third kappa shape index (κ3) is 6.50. The Morgan fingerprint density at radius 1 is 1.00 bits per heavy atom. The summed E-state index contributed by atoms with van der Waals surface area (Å²) < 4.78 is 1.15. The van der Waals surface area contributed by atoms with Gasteiger partial charge in [-0.3, -0.25) is 4.79 Å². The molecule has 2 N–H and O–H groups in total. The Morgan fingerprint density at radius 3 is 2.38 bits per heavy atom. The van der Waals surface area contributed by atoms with Crippen molar-refractivity contribution >= 4 is 11.8 Å². The Kier molecular flexibility index (Phi) is 9.14. The first kappa shape index (κ1) is 18.0. The van der Waals surface area contributed by atoms with Crippen molar-refractivity contribution in [2.45, 2.75) is 76.8 Å². The average Bonchev–Trinajstić information content (AvgIpc) is 2.49. The molecular formula is C15H28N4OS. The molecule has 0 bridgehead atoms. The molecule has 120 valence electrons. The summed E-state index contributed by atoms with van der Waals surface area (Å²) in [5.74, 6) is 6.73. The standard InChI is InChI=1S/C15H28N4OS/c1-3-5-7-8-9-10-11-13-14(20)19(16)15(18-17-13)21-12-6-4-2/h3-12,16H2,1-2H3. The van der Waals surface area contributed by atoms with Gasteiger partial charge >= 0.3 is 0 Å². The first-order valence-corrected chi connectivity index (χ1v) is 9.05. The Balaban J connectivity index is 2.45. The number of thioether (sulfide) groups is 1. The molecule has 0 spiro atoms. The van der Waals surface area contributed by atoms with E-state index in [0.29, 0.717) is 17.3 Å². The summed E-state index contributed by atoms with van der Waals surface area (Å²) in [7, 11) is 0. The molecule has 6 heteroatoms. The van der Waals surface area contributed by atoms with Gasteiger partial charge in [-0.15, -0.1) is 10.2 Å². The molecule has 0 aliphatic heterocycles. The normalized spacial score (nSPS) is 11.0. The molecule has 0 aliphatic rings. The molecule has 0 aliphatic carbocycles. The number of nitrogens with zero attached hydrogens (tertiary/aromatic N) is 3. The van der Waals surface area contributed by atoms with Gasteiger partial charge < -0.3 is 5.84 Å². The molecule has 1 aromatic rings. The van der Waals surface area contributed by atoms with Crippen molar-refractivity contribution in [3.63, 3.8) is 0 Å². The van der Waals surface area contributed by atoms with Gasteiger partial charge in [-0.2, -0.15) is 4.68 Å². The number of aromatic nitrogens is 3. The van der Waals surface area contributed by atoms with Crippen LogP contribution in [0.2, 0.25) is 0 Å². The van der Waals surface area contributed by atoms with E-state index < -0.39 is 0 Å². The number of hydrogen-bond acceptors (Lipinski definition) is 5. The molecule has 0 aromatic carbocycles. The molecule has 0 saturated heterocycles. The predicted molar refractivity (Wildman–Crippen MR) is 89.2 cm³/mol. The molecule has 21 heavy (non-hydrogen) atoms. The minimum atomic E-state index is -0.197. The van der Waals surface area contributed by atoms with Crippen molar-refractivity contribution in [3.05, 3.63) is 16.0 Å². The smallest absolute Gasteiger partial charge is 0.294 e. The SMILES string of the molecule is CCCCCCCCc1nnc(SCCCC)n(N)c1=O. The molecular weight excluding hydrogens is 284 g/mol. The van der Waals surface area contributed by atoms with Crippen LogP contribution in [0.1, 0.15) is 70.9 Å². The van der Waals surface area contributed by atoms with Crippen molar-refractivity contribution in [3.8, 4) is 0 Å². The fraction of sp³-hybridized carbons (Fsp3) is 0.800. The van der Waals surface area contributed by atoms with E-state index in [4.69, 9.17) is 5.84 Å². The highest BCUT2D eigenvalue weighted by molar-refractivity contribution is 7.99. The Labute approximate surface area is 131 Å². The van der Waals surface area contributed by atoms with Crippen molar-refractivity contribution in [1.29, 1.82) is 0 Å². The van der Waals surface area contributed by atoms with Crippen LogP contribution in [0.5, 0.6) is 0 Å². The van der Waals surface area contributed by atoms with E-state index in [1.54, 1.807) is 0 Å². The lowest BCUT2D eigenvalue weighted by Gasteiger charge is -2.07. The molecule has 1 rings (SSSR count). The quantitative estimate of drug-likeness (QED) is 0.386. The average molecular weight is 312 g/mol. The van der Waals surface area contributed by atoms with Crippen LogP contribution in [0, 0.1) is 0 Å². The van der Waals surface area contributed by atoms with Gasteiger partial charge in [-0.25, -0.2) is 0 Å². The Morgan fingerprint density at radius 2 is 1.67 bits per heavy atom. The highest BCUT2D eigenvalue weighted by Gasteiger charge is 2.10. The lowest BCUT2D eigenvalue weighted by atomic mass is 10.1. The topological polar surface area (TPSA) is 73.8 Å². The van der Waals surface area contributed by atoms with Crippen molar-refractivity contribution in [2.75, 3.05) is 11.6 Å². The minimum absolute atomic E-state index is 0.197. The lowest BCUT2D eigenvalue weighted by molar-refractivity contribution is 0.589. The molecule has 0 amide bonds. The molecule has 0 saturated carbocycles. The molecule has 5 nitrogen and oxygen atoms in total. The Bertz CT molecular complexity index is 461. The van der Waals surface area contributed by atoms with Gasteiger partial charge in [0.05, 0.1) is 0 Å². The van der Waals surface area contributed by atoms with Gasteiger partial charge in [0, 0.05) is 5.75 Å². The van der Waals surface area contributed by atoms with Crippen molar-refractivity contribution < 1.29 is 0 Å². The van der Waals surface area contributed by atoms with Crippen molar-refractivity contribution in [1.82, 2.24) is 14.9 Å². The second-order valence-electron chi connectivity index (χ2n) is 5.32. The molecule has 1 heterocycles. The van der Waals surface area contributed by atoms with E-state index in [-0.39, 0.29) is 5.56 Å². The van der Waals surface area contributed by atoms with Gasteiger partial charge in [-0.1, -0.05) is 64.1 Å². The van der Waals surface area contributed by atoms with Gasteiger partial charge in [0.2, 0.25) is 5.16 Å². The van der Waals surface area contributed by atoms with Gasteiger partial charge in [-0.05, 0) is 19.3 Å². The van der Waals surface area contributed by atoms with Crippen LogP contribution in [0.4, 0.5) is 0 Å². The van der Waals surface area contributed by atoms with E-state index >= 15 is 0 Å². The van der Waals surface area contributed by atoms with E-state index in [1.807, 2.05) is 0 Å². The lowest BCUT2D eigenvalue weighted by Crippen LogP contribution is -2.33. The summed E-state index contributed by atoms with van der Waals surface area (Å²) in [5, 5.41) is 8.67. The largest absolute Gasteiger partial charge is 0.334 e. The Hall–Kier alpha value is -1.04. The third-order valence-electron chi connectivity index (χ3n) is 3.42. The number of hydrogen-bond donors (Lipinski definition) is 1. The van der Waals surface area contributed by atoms with Crippen LogP contribution in [-0.4, -0.2) is 20.6 Å². The summed E-state index contributed by atoms with van der Waals surface area (Å²) in [6.07, 6.45) is 10.0. The molecule has 0 radical (unpaired) electrons. The van der Waals surface area contributed by atoms with Gasteiger partial charge in [0.25, 0.3) is 5.56 Å². The molecule has 0 atom stereocenters. The van der Waals surface area contributed by atoms with Crippen molar-refractivity contribution in [2.24, 2.45) is 0 Å². The zero-order valence-corrected chi connectivity index (χ0v) is 14.1. The number of aryl methyl sites for hydroxylation is 1.